The van der Waals surface area contributed by atoms with Crippen LogP contribution in [0.25, 0.3) is 0 Å². The fourth-order valence-corrected chi connectivity index (χ4v) is 1.90. The summed E-state index contributed by atoms with van der Waals surface area (Å²) in [6.45, 7) is 6.67. The minimum Gasteiger partial charge on any atom is -0.506 e. The number of benzene rings is 1. The Morgan fingerprint density at radius 3 is 2.07 bits per heavy atom. The van der Waals surface area contributed by atoms with Gasteiger partial charge in [0.15, 0.2) is 0 Å². The van der Waals surface area contributed by atoms with Crippen molar-refractivity contribution in [3.63, 3.8) is 0 Å². The second-order valence-electron chi connectivity index (χ2n) is 6.79. The summed E-state index contributed by atoms with van der Waals surface area (Å²) in [5, 5.41) is 40.4. The first-order valence-electron chi connectivity index (χ1n) is 8.25. The number of urea groups is 1. The standard InChI is InChI=1S/C14H23N3O3.C4H4O4/c1-14(2,3)16-7-10(8-18)9-4-5-12(19)11(6-9)17-13(15)20;5-3(6)1-2-4(7)8/h4-6,10,16,18-19H,7-8H2,1-3H3,(H3,15,17,20);1-2H,(H,5,6)(H,7,8)/b;2-1+. The smallest absolute Gasteiger partial charge is 0.328 e. The van der Waals surface area contributed by atoms with E-state index < -0.39 is 18.0 Å². The summed E-state index contributed by atoms with van der Waals surface area (Å²) >= 11 is 0. The molecule has 156 valence electrons. The zero-order valence-electron chi connectivity index (χ0n) is 16.0. The van der Waals surface area contributed by atoms with Gasteiger partial charge in [0.25, 0.3) is 0 Å². The zero-order valence-corrected chi connectivity index (χ0v) is 16.0. The molecule has 0 aliphatic rings. The van der Waals surface area contributed by atoms with E-state index in [0.29, 0.717) is 18.7 Å². The summed E-state index contributed by atoms with van der Waals surface area (Å²) in [4.78, 5) is 30.0. The molecule has 0 heterocycles. The van der Waals surface area contributed by atoms with Crippen LogP contribution in [0.5, 0.6) is 5.75 Å². The first-order valence-corrected chi connectivity index (χ1v) is 8.25. The Morgan fingerprint density at radius 1 is 1.14 bits per heavy atom. The summed E-state index contributed by atoms with van der Waals surface area (Å²) in [6, 6.07) is 4.06. The number of phenols is 1. The fraction of sp³-hybridized carbons (Fsp3) is 0.389. The van der Waals surface area contributed by atoms with Crippen molar-refractivity contribution in [3.8, 4) is 5.75 Å². The Labute approximate surface area is 162 Å². The molecule has 1 rings (SSSR count). The summed E-state index contributed by atoms with van der Waals surface area (Å²) in [7, 11) is 0. The van der Waals surface area contributed by atoms with E-state index in [2.05, 4.69) is 10.6 Å². The monoisotopic (exact) mass is 397 g/mol. The van der Waals surface area contributed by atoms with Crippen LogP contribution in [0.2, 0.25) is 0 Å². The molecule has 8 N–H and O–H groups in total. The lowest BCUT2D eigenvalue weighted by Crippen LogP contribution is -2.39. The lowest BCUT2D eigenvalue weighted by atomic mass is 9.97. The Kier molecular flexibility index (Phi) is 10.3. The van der Waals surface area contributed by atoms with Crippen molar-refractivity contribution in [2.24, 2.45) is 5.73 Å². The molecule has 0 aliphatic heterocycles. The van der Waals surface area contributed by atoms with Crippen molar-refractivity contribution in [1.29, 1.82) is 0 Å². The number of phenolic OH excluding ortho intramolecular Hbond substituents is 1. The topological polar surface area (TPSA) is 182 Å². The molecule has 1 aromatic carbocycles. The Hall–Kier alpha value is -3.11. The molecular formula is C18H27N3O7. The van der Waals surface area contributed by atoms with E-state index in [-0.39, 0.29) is 29.5 Å². The minimum atomic E-state index is -1.26. The third-order valence-electron chi connectivity index (χ3n) is 3.22. The van der Waals surface area contributed by atoms with Crippen molar-refractivity contribution in [2.45, 2.75) is 32.2 Å². The maximum Gasteiger partial charge on any atom is 0.328 e. The molecule has 0 saturated heterocycles. The summed E-state index contributed by atoms with van der Waals surface area (Å²) < 4.78 is 0. The van der Waals surface area contributed by atoms with E-state index in [1.165, 1.54) is 6.07 Å². The molecule has 0 fully saturated rings. The normalized spacial score (nSPS) is 12.0. The zero-order chi connectivity index (χ0) is 21.9. The van der Waals surface area contributed by atoms with Gasteiger partial charge in [0.2, 0.25) is 0 Å². The molecule has 28 heavy (non-hydrogen) atoms. The van der Waals surface area contributed by atoms with E-state index in [1.807, 2.05) is 20.8 Å². The highest BCUT2D eigenvalue weighted by Crippen LogP contribution is 2.27. The molecule has 1 aromatic rings. The largest absolute Gasteiger partial charge is 0.506 e. The van der Waals surface area contributed by atoms with E-state index in [9.17, 15) is 24.6 Å². The third kappa shape index (κ3) is 11.5. The molecule has 10 nitrogen and oxygen atoms in total. The Morgan fingerprint density at radius 2 is 1.68 bits per heavy atom. The van der Waals surface area contributed by atoms with Gasteiger partial charge in [-0.3, -0.25) is 0 Å². The van der Waals surface area contributed by atoms with Gasteiger partial charge in [0.1, 0.15) is 5.75 Å². The maximum absolute atomic E-state index is 10.9. The lowest BCUT2D eigenvalue weighted by molar-refractivity contribution is -0.134. The first kappa shape index (κ1) is 24.9. The van der Waals surface area contributed by atoms with Crippen molar-refractivity contribution in [1.82, 2.24) is 5.32 Å². The van der Waals surface area contributed by atoms with Crippen molar-refractivity contribution in [3.05, 3.63) is 35.9 Å². The number of rotatable bonds is 7. The number of aromatic hydroxyl groups is 1. The number of carbonyl (C=O) groups is 3. The maximum atomic E-state index is 10.9. The van der Waals surface area contributed by atoms with Crippen LogP contribution in [-0.4, -0.2) is 57.1 Å². The van der Waals surface area contributed by atoms with Crippen LogP contribution in [0.4, 0.5) is 10.5 Å². The number of carboxylic acid groups (broad SMARTS) is 2. The number of primary amides is 1. The van der Waals surface area contributed by atoms with Gasteiger partial charge in [-0.1, -0.05) is 6.07 Å². The predicted octanol–water partition coefficient (Wildman–Crippen LogP) is 1.06. The molecule has 2 amide bonds. The van der Waals surface area contributed by atoms with Gasteiger partial charge in [0, 0.05) is 30.2 Å². The number of amides is 2. The average Bonchev–Trinajstić information content (AvgIpc) is 2.55. The first-order chi connectivity index (χ1) is 12.9. The number of carbonyl (C=O) groups excluding carboxylic acids is 1. The van der Waals surface area contributed by atoms with Crippen LogP contribution in [0, 0.1) is 0 Å². The highest BCUT2D eigenvalue weighted by molar-refractivity contribution is 5.90. The van der Waals surface area contributed by atoms with Gasteiger partial charge >= 0.3 is 18.0 Å². The lowest BCUT2D eigenvalue weighted by Gasteiger charge is -2.25. The van der Waals surface area contributed by atoms with Crippen LogP contribution in [0.3, 0.4) is 0 Å². The molecule has 0 aromatic heterocycles. The van der Waals surface area contributed by atoms with E-state index in [0.717, 1.165) is 5.56 Å². The second kappa shape index (κ2) is 11.6. The number of nitrogens with one attached hydrogen (secondary N) is 2. The number of hydrogen-bond acceptors (Lipinski definition) is 6. The molecule has 0 spiro atoms. The van der Waals surface area contributed by atoms with Crippen molar-refractivity contribution < 1.29 is 34.8 Å². The molecule has 0 aliphatic carbocycles. The SMILES string of the molecule is CC(C)(C)NCC(CO)c1ccc(O)c(NC(N)=O)c1.O=C(O)/C=C/C(=O)O. The van der Waals surface area contributed by atoms with Gasteiger partial charge in [-0.15, -0.1) is 0 Å². The molecular weight excluding hydrogens is 370 g/mol. The van der Waals surface area contributed by atoms with Crippen molar-refractivity contribution in [2.75, 3.05) is 18.5 Å². The van der Waals surface area contributed by atoms with Crippen LogP contribution in [0.1, 0.15) is 32.3 Å². The number of nitrogens with two attached hydrogens (primary N) is 1. The van der Waals surface area contributed by atoms with Gasteiger partial charge in [-0.25, -0.2) is 14.4 Å². The quantitative estimate of drug-likeness (QED) is 0.263. The van der Waals surface area contributed by atoms with E-state index in [4.69, 9.17) is 15.9 Å². The van der Waals surface area contributed by atoms with Gasteiger partial charge in [-0.2, -0.15) is 0 Å². The Bertz CT molecular complexity index is 696. The number of hydrogen-bond donors (Lipinski definition) is 7. The van der Waals surface area contributed by atoms with Crippen LogP contribution in [0.15, 0.2) is 30.4 Å². The minimum absolute atomic E-state index is 0.0378. The highest BCUT2D eigenvalue weighted by atomic mass is 16.4. The molecule has 0 radical (unpaired) electrons. The van der Waals surface area contributed by atoms with E-state index >= 15 is 0 Å². The highest BCUT2D eigenvalue weighted by Gasteiger charge is 2.17. The Balaban J connectivity index is 0.000000769. The number of anilines is 1. The van der Waals surface area contributed by atoms with Crippen LogP contribution in [-0.2, 0) is 9.59 Å². The molecule has 1 atom stereocenters. The molecule has 10 heteroatoms. The third-order valence-corrected chi connectivity index (χ3v) is 3.22. The summed E-state index contributed by atoms with van der Waals surface area (Å²) in [6.07, 6.45) is 1.12. The molecule has 0 saturated carbocycles. The van der Waals surface area contributed by atoms with Gasteiger partial charge < -0.3 is 36.8 Å². The average molecular weight is 397 g/mol. The molecule has 1 unspecified atom stereocenters. The van der Waals surface area contributed by atoms with Crippen molar-refractivity contribution >= 4 is 23.7 Å². The van der Waals surface area contributed by atoms with Gasteiger partial charge in [0.05, 0.1) is 12.3 Å². The molecule has 0 bridgehead atoms. The number of aliphatic carboxylic acids is 2. The van der Waals surface area contributed by atoms with E-state index in [1.54, 1.807) is 12.1 Å². The summed E-state index contributed by atoms with van der Waals surface area (Å²) in [5.41, 5.74) is 6.04. The number of aliphatic hydroxyl groups is 1. The predicted molar refractivity (Wildman–Crippen MR) is 103 cm³/mol. The fourth-order valence-electron chi connectivity index (χ4n) is 1.90. The summed E-state index contributed by atoms with van der Waals surface area (Å²) in [5.74, 6) is -2.71. The van der Waals surface area contributed by atoms with Crippen LogP contribution < -0.4 is 16.4 Å². The second-order valence-corrected chi connectivity index (χ2v) is 6.79. The number of carboxylic acids is 2. The number of aliphatic hydroxyl groups excluding tert-OH is 1. The van der Waals surface area contributed by atoms with Gasteiger partial charge in [-0.05, 0) is 38.5 Å². The van der Waals surface area contributed by atoms with Crippen LogP contribution >= 0.6 is 0 Å².